The van der Waals surface area contributed by atoms with E-state index in [9.17, 15) is 0 Å². The highest BCUT2D eigenvalue weighted by Gasteiger charge is 2.15. The Morgan fingerprint density at radius 2 is 2.41 bits per heavy atom. The van der Waals surface area contributed by atoms with Crippen molar-refractivity contribution in [1.29, 1.82) is 0 Å². The molecule has 2 heterocycles. The Bertz CT molecular complexity index is 367. The van der Waals surface area contributed by atoms with Gasteiger partial charge in [0.25, 0.3) is 0 Å². The predicted molar refractivity (Wildman–Crippen MR) is 61.4 cm³/mol. The zero-order chi connectivity index (χ0) is 12.1. The van der Waals surface area contributed by atoms with Crippen molar-refractivity contribution in [1.82, 2.24) is 15.3 Å². The first-order valence-corrected chi connectivity index (χ1v) is 5.62. The normalized spacial score (nSPS) is 20.0. The molecule has 17 heavy (non-hydrogen) atoms. The molecule has 1 aromatic heterocycles. The average Bonchev–Trinajstić information content (AvgIpc) is 2.37. The van der Waals surface area contributed by atoms with E-state index in [0.29, 0.717) is 25.1 Å². The highest BCUT2D eigenvalue weighted by atomic mass is 16.5. The monoisotopic (exact) mass is 239 g/mol. The standard InChI is InChI=1S/C11H17N3O3/c1-8-5-10(15-2)14-11(13-8)17-7-9-6-12-3-4-16-9/h5,9,12H,3-4,6-7H2,1-2H3. The first kappa shape index (κ1) is 12.1. The Balaban J connectivity index is 1.91. The number of aromatic nitrogens is 2. The molecule has 1 aliphatic rings. The van der Waals surface area contributed by atoms with Crippen LogP contribution >= 0.6 is 0 Å². The number of hydrogen-bond donors (Lipinski definition) is 1. The van der Waals surface area contributed by atoms with Crippen LogP contribution in [0, 0.1) is 6.92 Å². The van der Waals surface area contributed by atoms with E-state index in [-0.39, 0.29) is 6.10 Å². The minimum atomic E-state index is 0.0545. The van der Waals surface area contributed by atoms with Crippen LogP contribution in [0.25, 0.3) is 0 Å². The number of hydrogen-bond acceptors (Lipinski definition) is 6. The third-order valence-electron chi connectivity index (χ3n) is 2.42. The van der Waals surface area contributed by atoms with Crippen molar-refractivity contribution in [3.63, 3.8) is 0 Å². The number of morpholine rings is 1. The summed E-state index contributed by atoms with van der Waals surface area (Å²) in [5.74, 6) is 0.509. The van der Waals surface area contributed by atoms with Gasteiger partial charge in [0.1, 0.15) is 12.7 Å². The molecule has 1 unspecified atom stereocenters. The van der Waals surface area contributed by atoms with Crippen molar-refractivity contribution in [2.45, 2.75) is 13.0 Å². The second-order valence-corrected chi connectivity index (χ2v) is 3.84. The summed E-state index contributed by atoms with van der Waals surface area (Å²) in [5.41, 5.74) is 0.814. The molecule has 0 aliphatic carbocycles. The molecular weight excluding hydrogens is 222 g/mol. The molecule has 6 nitrogen and oxygen atoms in total. The van der Waals surface area contributed by atoms with E-state index in [2.05, 4.69) is 15.3 Å². The Labute approximate surface area is 100 Å². The number of methoxy groups -OCH3 is 1. The number of nitrogens with one attached hydrogen (secondary N) is 1. The van der Waals surface area contributed by atoms with Gasteiger partial charge in [-0.3, -0.25) is 0 Å². The fraction of sp³-hybridized carbons (Fsp3) is 0.636. The largest absolute Gasteiger partial charge is 0.481 e. The fourth-order valence-electron chi connectivity index (χ4n) is 1.58. The van der Waals surface area contributed by atoms with Crippen LogP contribution in [-0.2, 0) is 4.74 Å². The molecule has 0 bridgehead atoms. The van der Waals surface area contributed by atoms with E-state index in [0.717, 1.165) is 18.8 Å². The molecule has 2 rings (SSSR count). The van der Waals surface area contributed by atoms with Gasteiger partial charge >= 0.3 is 6.01 Å². The Kier molecular flexibility index (Phi) is 4.11. The van der Waals surface area contributed by atoms with Crippen LogP contribution in [0.15, 0.2) is 6.07 Å². The topological polar surface area (TPSA) is 65.5 Å². The third kappa shape index (κ3) is 3.54. The van der Waals surface area contributed by atoms with E-state index in [1.165, 1.54) is 0 Å². The van der Waals surface area contributed by atoms with Crippen LogP contribution in [0.1, 0.15) is 5.69 Å². The summed E-state index contributed by atoms with van der Waals surface area (Å²) < 4.78 is 16.1. The van der Waals surface area contributed by atoms with Crippen LogP contribution in [0.3, 0.4) is 0 Å². The molecule has 0 spiro atoms. The maximum Gasteiger partial charge on any atom is 0.320 e. The summed E-state index contributed by atoms with van der Waals surface area (Å²) in [5, 5.41) is 3.23. The summed E-state index contributed by atoms with van der Waals surface area (Å²) >= 11 is 0. The first-order chi connectivity index (χ1) is 8.28. The Morgan fingerprint density at radius 1 is 1.53 bits per heavy atom. The number of ether oxygens (including phenoxy) is 3. The summed E-state index contributed by atoms with van der Waals surface area (Å²) in [6.07, 6.45) is 0.0545. The van der Waals surface area contributed by atoms with Crippen molar-refractivity contribution in [2.24, 2.45) is 0 Å². The van der Waals surface area contributed by atoms with Crippen LogP contribution in [0.4, 0.5) is 0 Å². The maximum absolute atomic E-state index is 5.51. The lowest BCUT2D eigenvalue weighted by molar-refractivity contribution is -0.00193. The first-order valence-electron chi connectivity index (χ1n) is 5.62. The molecule has 1 atom stereocenters. The van der Waals surface area contributed by atoms with Gasteiger partial charge in [-0.05, 0) is 6.92 Å². The zero-order valence-corrected chi connectivity index (χ0v) is 10.1. The smallest absolute Gasteiger partial charge is 0.320 e. The van der Waals surface area contributed by atoms with Crippen LogP contribution in [0.5, 0.6) is 11.9 Å². The van der Waals surface area contributed by atoms with E-state index >= 15 is 0 Å². The Hall–Kier alpha value is -1.40. The minimum absolute atomic E-state index is 0.0545. The van der Waals surface area contributed by atoms with E-state index in [4.69, 9.17) is 14.2 Å². The predicted octanol–water partition coefficient (Wildman–Crippen LogP) is 0.161. The molecule has 1 aliphatic heterocycles. The number of aryl methyl sites for hydroxylation is 1. The summed E-state index contributed by atoms with van der Waals surface area (Å²) in [4.78, 5) is 8.28. The highest BCUT2D eigenvalue weighted by Crippen LogP contribution is 2.13. The van der Waals surface area contributed by atoms with Gasteiger partial charge in [-0.25, -0.2) is 4.98 Å². The number of nitrogens with zero attached hydrogens (tertiary/aromatic N) is 2. The molecule has 6 heteroatoms. The second kappa shape index (κ2) is 5.79. The van der Waals surface area contributed by atoms with Gasteiger partial charge in [-0.15, -0.1) is 0 Å². The lowest BCUT2D eigenvalue weighted by Crippen LogP contribution is -2.41. The summed E-state index contributed by atoms with van der Waals surface area (Å²) in [6, 6.07) is 2.09. The highest BCUT2D eigenvalue weighted by molar-refractivity contribution is 5.17. The van der Waals surface area contributed by atoms with Gasteiger partial charge in [0.05, 0.1) is 13.7 Å². The lowest BCUT2D eigenvalue weighted by atomic mass is 10.3. The molecule has 1 aromatic rings. The van der Waals surface area contributed by atoms with Crippen molar-refractivity contribution < 1.29 is 14.2 Å². The van der Waals surface area contributed by atoms with Gasteiger partial charge in [0.2, 0.25) is 5.88 Å². The number of rotatable bonds is 4. The maximum atomic E-state index is 5.51. The SMILES string of the molecule is COc1cc(C)nc(OCC2CNCCO2)n1. The van der Waals surface area contributed by atoms with Crippen LogP contribution in [0.2, 0.25) is 0 Å². The van der Waals surface area contributed by atoms with Crippen LogP contribution < -0.4 is 14.8 Å². The minimum Gasteiger partial charge on any atom is -0.481 e. The average molecular weight is 239 g/mol. The molecular formula is C11H17N3O3. The molecule has 0 amide bonds. The van der Waals surface area contributed by atoms with Gasteiger partial charge in [0, 0.05) is 24.8 Å². The second-order valence-electron chi connectivity index (χ2n) is 3.84. The molecule has 0 radical (unpaired) electrons. The molecule has 0 aromatic carbocycles. The van der Waals surface area contributed by atoms with Gasteiger partial charge in [-0.2, -0.15) is 4.98 Å². The van der Waals surface area contributed by atoms with Gasteiger partial charge < -0.3 is 19.5 Å². The Morgan fingerprint density at radius 3 is 3.12 bits per heavy atom. The lowest BCUT2D eigenvalue weighted by Gasteiger charge is -2.23. The molecule has 1 N–H and O–H groups in total. The van der Waals surface area contributed by atoms with Crippen molar-refractivity contribution in [3.8, 4) is 11.9 Å². The van der Waals surface area contributed by atoms with Gasteiger partial charge in [0.15, 0.2) is 0 Å². The van der Waals surface area contributed by atoms with Crippen LogP contribution in [-0.4, -0.2) is 49.5 Å². The summed E-state index contributed by atoms with van der Waals surface area (Å²) in [7, 11) is 1.57. The van der Waals surface area contributed by atoms with Crippen molar-refractivity contribution >= 4 is 0 Å². The van der Waals surface area contributed by atoms with Gasteiger partial charge in [-0.1, -0.05) is 0 Å². The molecule has 94 valence electrons. The molecule has 0 saturated carbocycles. The quantitative estimate of drug-likeness (QED) is 0.807. The van der Waals surface area contributed by atoms with E-state index in [1.807, 2.05) is 6.92 Å². The van der Waals surface area contributed by atoms with E-state index < -0.39 is 0 Å². The van der Waals surface area contributed by atoms with Crippen molar-refractivity contribution in [2.75, 3.05) is 33.4 Å². The third-order valence-corrected chi connectivity index (χ3v) is 2.42. The van der Waals surface area contributed by atoms with Crippen molar-refractivity contribution in [3.05, 3.63) is 11.8 Å². The zero-order valence-electron chi connectivity index (χ0n) is 10.1. The summed E-state index contributed by atoms with van der Waals surface area (Å²) in [6.45, 7) is 4.72. The fourth-order valence-corrected chi connectivity index (χ4v) is 1.58. The molecule has 1 saturated heterocycles. The van der Waals surface area contributed by atoms with E-state index in [1.54, 1.807) is 13.2 Å². The molecule has 1 fully saturated rings.